The number of rotatable bonds is 16. The summed E-state index contributed by atoms with van der Waals surface area (Å²) in [5, 5.41) is 7.12. The Morgan fingerprint density at radius 1 is 1.00 bits per heavy atom. The van der Waals surface area contributed by atoms with Gasteiger partial charge in [-0.3, -0.25) is 23.9 Å². The molecule has 18 nitrogen and oxygen atoms in total. The van der Waals surface area contributed by atoms with E-state index in [9.17, 15) is 18.9 Å². The van der Waals surface area contributed by atoms with Crippen molar-refractivity contribution in [2.75, 3.05) is 54.0 Å². The van der Waals surface area contributed by atoms with Crippen LogP contribution in [-0.2, 0) is 42.4 Å². The Labute approximate surface area is 326 Å². The fraction of sp³-hybridized carbons (Fsp3) is 0.541. The Hall–Kier alpha value is -4.74. The normalized spacial score (nSPS) is 23.5. The van der Waals surface area contributed by atoms with Gasteiger partial charge in [0.15, 0.2) is 23.6 Å². The number of methoxy groups -OCH3 is 1. The standard InChI is InChI=1S/C37H51N8O10P/c1-24(2)34(46)52-31-30(28-14-15-29-33(39-22-41-45(28)29)40-23-44-18-16-43(7)17-19-44)54-37(20-38-6,32(31)53-35(47)25(3)4)21-51-56(49,42-26(5)36(48)50-8)55-27-12-10-9-11-13-27/h9-15,20,22-26,30-32H,16-19,21H2,1-8H3,(H,42,49)/t26-,30-,31-,32-,37+,56-/m0/s1. The van der Waals surface area contributed by atoms with Crippen molar-refractivity contribution in [3.05, 3.63) is 54.5 Å². The number of carbonyl (C=O) groups excluding carboxylic acids is 3. The van der Waals surface area contributed by atoms with Crippen molar-refractivity contribution < 1.29 is 46.9 Å². The van der Waals surface area contributed by atoms with Gasteiger partial charge in [0.25, 0.3) is 0 Å². The monoisotopic (exact) mass is 798 g/mol. The van der Waals surface area contributed by atoms with E-state index in [4.69, 9.17) is 28.0 Å². The zero-order chi connectivity index (χ0) is 40.6. The van der Waals surface area contributed by atoms with Gasteiger partial charge in [0, 0.05) is 39.4 Å². The molecule has 0 radical (unpaired) electrons. The fourth-order valence-electron chi connectivity index (χ4n) is 6.03. The van der Waals surface area contributed by atoms with Crippen molar-refractivity contribution in [3.8, 4) is 5.75 Å². The molecule has 5 rings (SSSR count). The summed E-state index contributed by atoms with van der Waals surface area (Å²) in [5.74, 6) is -2.59. The van der Waals surface area contributed by atoms with Crippen molar-refractivity contribution in [1.29, 1.82) is 0 Å². The van der Waals surface area contributed by atoms with Gasteiger partial charge in [0.1, 0.15) is 29.7 Å². The van der Waals surface area contributed by atoms with Gasteiger partial charge in [-0.25, -0.2) is 19.1 Å². The Bertz CT molecular complexity index is 1930. The number of ether oxygens (including phenoxy) is 4. The predicted molar refractivity (Wildman–Crippen MR) is 206 cm³/mol. The number of aliphatic imine (C=N–C) groups is 2. The van der Waals surface area contributed by atoms with E-state index in [0.717, 1.165) is 26.2 Å². The minimum absolute atomic E-state index is 0.167. The van der Waals surface area contributed by atoms with E-state index in [1.165, 1.54) is 33.6 Å². The summed E-state index contributed by atoms with van der Waals surface area (Å²) < 4.78 is 51.9. The van der Waals surface area contributed by atoms with E-state index < -0.39 is 74.1 Å². The zero-order valence-electron chi connectivity index (χ0n) is 32.9. The topological polar surface area (TPSA) is 197 Å². The first-order chi connectivity index (χ1) is 26.7. The summed E-state index contributed by atoms with van der Waals surface area (Å²) in [6.07, 6.45) is 0.591. The minimum atomic E-state index is -4.46. The molecule has 3 aromatic rings. The van der Waals surface area contributed by atoms with E-state index in [-0.39, 0.29) is 5.75 Å². The lowest BCUT2D eigenvalue weighted by atomic mass is 9.94. The first-order valence-electron chi connectivity index (χ1n) is 18.4. The number of carbonyl (C=O) groups is 3. The van der Waals surface area contributed by atoms with E-state index in [1.54, 1.807) is 81.0 Å². The molecule has 0 spiro atoms. The van der Waals surface area contributed by atoms with Crippen LogP contribution < -0.4 is 9.61 Å². The SMILES string of the molecule is CN=C[C@]1(CO[P@@](=O)(N[C@@H](C)C(=O)OC)Oc2ccccc2)O[C@@H](c2ccc3c(N=CN4CCN(C)CC4)ncnn23)[C@H](OC(=O)C(C)C)[C@@H]1OC(=O)C(C)C. The number of aromatic nitrogens is 3. The second kappa shape index (κ2) is 18.5. The van der Waals surface area contributed by atoms with Gasteiger partial charge in [-0.1, -0.05) is 45.9 Å². The molecule has 0 saturated carbocycles. The van der Waals surface area contributed by atoms with Crippen LogP contribution in [-0.4, -0.2) is 133 Å². The molecule has 0 amide bonds. The summed E-state index contributed by atoms with van der Waals surface area (Å²) >= 11 is 0. The number of hydrogen-bond acceptors (Lipinski definition) is 15. The minimum Gasteiger partial charge on any atom is -0.468 e. The highest BCUT2D eigenvalue weighted by Gasteiger charge is 2.61. The maximum atomic E-state index is 14.5. The maximum absolute atomic E-state index is 14.5. The van der Waals surface area contributed by atoms with E-state index >= 15 is 0 Å². The van der Waals surface area contributed by atoms with Crippen molar-refractivity contribution in [3.63, 3.8) is 0 Å². The molecule has 0 aliphatic carbocycles. The fourth-order valence-corrected chi connectivity index (χ4v) is 7.56. The molecule has 1 aromatic carbocycles. The van der Waals surface area contributed by atoms with Crippen molar-refractivity contribution in [2.45, 2.75) is 64.6 Å². The third-order valence-electron chi connectivity index (χ3n) is 9.18. The second-order valence-electron chi connectivity index (χ2n) is 14.2. The van der Waals surface area contributed by atoms with Gasteiger partial charge < -0.3 is 33.3 Å². The molecule has 304 valence electrons. The van der Waals surface area contributed by atoms with Crippen LogP contribution in [0.4, 0.5) is 5.82 Å². The largest absolute Gasteiger partial charge is 0.468 e. The van der Waals surface area contributed by atoms with E-state index in [1.807, 2.05) is 0 Å². The maximum Gasteiger partial charge on any atom is 0.459 e. The molecule has 0 bridgehead atoms. The molecule has 4 heterocycles. The molecule has 19 heteroatoms. The third-order valence-corrected chi connectivity index (χ3v) is 10.8. The number of hydrogen-bond donors (Lipinski definition) is 1. The lowest BCUT2D eigenvalue weighted by Crippen LogP contribution is -2.52. The number of piperazine rings is 1. The molecular weight excluding hydrogens is 747 g/mol. The lowest BCUT2D eigenvalue weighted by molar-refractivity contribution is -0.173. The Morgan fingerprint density at radius 3 is 2.32 bits per heavy atom. The summed E-state index contributed by atoms with van der Waals surface area (Å²) in [6, 6.07) is 10.5. The van der Waals surface area contributed by atoms with Crippen LogP contribution in [0.5, 0.6) is 5.75 Å². The number of likely N-dealkylation sites (N-methyl/N-ethyl adjacent to an activating group) is 1. The van der Waals surface area contributed by atoms with Crippen molar-refractivity contribution in [2.24, 2.45) is 21.8 Å². The number of fused-ring (bicyclic) bond motifs is 1. The van der Waals surface area contributed by atoms with Crippen LogP contribution >= 0.6 is 7.75 Å². The second-order valence-corrected chi connectivity index (χ2v) is 15.9. The van der Waals surface area contributed by atoms with Crippen LogP contribution in [0.15, 0.2) is 58.8 Å². The van der Waals surface area contributed by atoms with E-state index in [0.29, 0.717) is 17.0 Å². The zero-order valence-corrected chi connectivity index (χ0v) is 33.8. The van der Waals surface area contributed by atoms with Gasteiger partial charge in [0.2, 0.25) is 0 Å². The predicted octanol–water partition coefficient (Wildman–Crippen LogP) is 3.64. The lowest BCUT2D eigenvalue weighted by Gasteiger charge is -2.33. The van der Waals surface area contributed by atoms with E-state index in [2.05, 4.69) is 42.0 Å². The number of nitrogens with zero attached hydrogens (tertiary/aromatic N) is 7. The molecule has 56 heavy (non-hydrogen) atoms. The van der Waals surface area contributed by atoms with Crippen LogP contribution in [0.25, 0.3) is 5.52 Å². The Morgan fingerprint density at radius 2 is 1.68 bits per heavy atom. The summed E-state index contributed by atoms with van der Waals surface area (Å²) in [6.45, 7) is 10.9. The van der Waals surface area contributed by atoms with Gasteiger partial charge in [0.05, 0.1) is 37.6 Å². The van der Waals surface area contributed by atoms with Gasteiger partial charge in [-0.2, -0.15) is 10.2 Å². The molecule has 2 aliphatic heterocycles. The number of para-hydroxylation sites is 1. The molecule has 2 fully saturated rings. The number of benzene rings is 1. The average molecular weight is 799 g/mol. The number of nitrogens with one attached hydrogen (secondary N) is 1. The van der Waals surface area contributed by atoms with Crippen molar-refractivity contribution in [1.82, 2.24) is 29.5 Å². The van der Waals surface area contributed by atoms with Crippen LogP contribution in [0, 0.1) is 11.8 Å². The summed E-state index contributed by atoms with van der Waals surface area (Å²) in [5.41, 5.74) is -0.920. The highest BCUT2D eigenvalue weighted by molar-refractivity contribution is 7.52. The third kappa shape index (κ3) is 9.97. The molecule has 2 aromatic heterocycles. The highest BCUT2D eigenvalue weighted by Crippen LogP contribution is 2.50. The highest BCUT2D eigenvalue weighted by atomic mass is 31.2. The van der Waals surface area contributed by atoms with Crippen LogP contribution in [0.3, 0.4) is 0 Å². The van der Waals surface area contributed by atoms with Gasteiger partial charge >= 0.3 is 25.7 Å². The molecule has 2 saturated heterocycles. The smallest absolute Gasteiger partial charge is 0.459 e. The van der Waals surface area contributed by atoms with Crippen molar-refractivity contribution >= 4 is 49.5 Å². The van der Waals surface area contributed by atoms with Gasteiger partial charge in [-0.05, 0) is 38.2 Å². The molecule has 1 N–H and O–H groups in total. The molecule has 2 aliphatic rings. The van der Waals surface area contributed by atoms with Crippen LogP contribution in [0.1, 0.15) is 46.4 Å². The number of esters is 3. The Kier molecular flexibility index (Phi) is 14.0. The van der Waals surface area contributed by atoms with Crippen LogP contribution in [0.2, 0.25) is 0 Å². The quantitative estimate of drug-likeness (QED) is 0.0725. The van der Waals surface area contributed by atoms with Gasteiger partial charge in [-0.15, -0.1) is 0 Å². The molecule has 0 unspecified atom stereocenters. The first-order valence-corrected chi connectivity index (χ1v) is 19.9. The molecule has 6 atom stereocenters. The summed E-state index contributed by atoms with van der Waals surface area (Å²) in [7, 11) is 0.267. The Balaban J connectivity index is 1.59. The molecular formula is C37H51N8O10P. The average Bonchev–Trinajstić information content (AvgIpc) is 3.73. The first kappa shape index (κ1) is 42.4. The summed E-state index contributed by atoms with van der Waals surface area (Å²) in [4.78, 5) is 56.9.